The van der Waals surface area contributed by atoms with Crippen molar-refractivity contribution in [3.8, 4) is 0 Å². The zero-order valence-electron chi connectivity index (χ0n) is 18.7. The molecular weight excluding hydrogens is 432 g/mol. The predicted molar refractivity (Wildman–Crippen MR) is 135 cm³/mol. The lowest BCUT2D eigenvalue weighted by Gasteiger charge is -2.47. The van der Waals surface area contributed by atoms with Crippen LogP contribution in [0, 0.1) is 6.92 Å². The number of methoxy groups -OCH3 is 1. The second-order valence-corrected chi connectivity index (χ2v) is 9.01. The topological polar surface area (TPSA) is 57.5 Å². The zero-order chi connectivity index (χ0) is 23.0. The lowest BCUT2D eigenvalue weighted by molar-refractivity contribution is -0.132. The Balaban J connectivity index is 1.81. The lowest BCUT2D eigenvalue weighted by Crippen LogP contribution is -2.54. The fourth-order valence-corrected chi connectivity index (χ4v) is 5.50. The van der Waals surface area contributed by atoms with Crippen LogP contribution in [0.4, 0.5) is 11.4 Å². The van der Waals surface area contributed by atoms with Crippen molar-refractivity contribution in [2.24, 2.45) is 10.2 Å². The molecular formula is C26H24N4O2S. The van der Waals surface area contributed by atoms with Gasteiger partial charge in [-0.1, -0.05) is 67.1 Å². The highest BCUT2D eigenvalue weighted by Crippen LogP contribution is 2.54. The largest absolute Gasteiger partial charge is 0.464 e. The average molecular weight is 457 g/mol. The molecule has 2 aliphatic rings. The molecule has 0 fully saturated rings. The monoisotopic (exact) mass is 456 g/mol. The zero-order valence-corrected chi connectivity index (χ0v) is 19.5. The maximum Gasteiger partial charge on any atom is 0.365 e. The van der Waals surface area contributed by atoms with Crippen LogP contribution in [0.3, 0.4) is 0 Å². The number of hydrogen-bond donors (Lipinski definition) is 0. The molecule has 1 atom stereocenters. The fraction of sp³-hybridized carbons (Fsp3) is 0.192. The summed E-state index contributed by atoms with van der Waals surface area (Å²) < 4.78 is 5.07. The number of para-hydroxylation sites is 1. The van der Waals surface area contributed by atoms with Crippen molar-refractivity contribution in [3.63, 3.8) is 0 Å². The second-order valence-electron chi connectivity index (χ2n) is 7.85. The van der Waals surface area contributed by atoms with Gasteiger partial charge in [-0.3, -0.25) is 0 Å². The van der Waals surface area contributed by atoms with Crippen LogP contribution < -0.4 is 10.0 Å². The number of esters is 1. The van der Waals surface area contributed by atoms with E-state index < -0.39 is 11.0 Å². The Labute approximate surface area is 197 Å². The molecule has 3 aromatic rings. The van der Waals surface area contributed by atoms with Gasteiger partial charge in [-0.25, -0.2) is 14.8 Å². The number of fused-ring (bicyclic) bond motifs is 2. The number of nitrogens with zero attached hydrogens (tertiary/aromatic N) is 4. The highest BCUT2D eigenvalue weighted by Gasteiger charge is 2.56. The summed E-state index contributed by atoms with van der Waals surface area (Å²) in [6.45, 7) is 4.15. The van der Waals surface area contributed by atoms with E-state index in [0.717, 1.165) is 40.2 Å². The van der Waals surface area contributed by atoms with Gasteiger partial charge in [0.1, 0.15) is 0 Å². The van der Waals surface area contributed by atoms with E-state index >= 15 is 0 Å². The molecule has 0 aliphatic carbocycles. The van der Waals surface area contributed by atoms with E-state index in [1.54, 1.807) is 0 Å². The van der Waals surface area contributed by atoms with Gasteiger partial charge in [-0.2, -0.15) is 10.2 Å². The van der Waals surface area contributed by atoms with Crippen molar-refractivity contribution in [3.05, 3.63) is 95.6 Å². The highest BCUT2D eigenvalue weighted by molar-refractivity contribution is 8.16. The maximum atomic E-state index is 12.7. The van der Waals surface area contributed by atoms with Crippen LogP contribution in [0.15, 0.2) is 89.1 Å². The number of hydrogen-bond acceptors (Lipinski definition) is 7. The van der Waals surface area contributed by atoms with E-state index in [9.17, 15) is 4.79 Å². The molecule has 0 amide bonds. The smallest absolute Gasteiger partial charge is 0.365 e. The Bertz CT molecular complexity index is 1260. The Morgan fingerprint density at radius 1 is 0.909 bits per heavy atom. The molecule has 7 heteroatoms. The van der Waals surface area contributed by atoms with Crippen molar-refractivity contribution in [1.29, 1.82) is 0 Å². The highest BCUT2D eigenvalue weighted by atomic mass is 32.2. The minimum Gasteiger partial charge on any atom is -0.464 e. The van der Waals surface area contributed by atoms with Crippen LogP contribution in [-0.2, 0) is 14.5 Å². The standard InChI is InChI=1S/C26H24N4O2S/c1-4-23-21-12-8-9-13-22(21)26(29(27-23)19-10-6-5-7-11-19)30(20-16-14-18(2)15-17-20)28-24(33-26)25(31)32-3/h5-17H,4H2,1-3H3/t26-/m0/s1. The first-order chi connectivity index (χ1) is 16.1. The molecule has 1 spiro atoms. The van der Waals surface area contributed by atoms with Crippen molar-refractivity contribution in [2.75, 3.05) is 17.1 Å². The van der Waals surface area contributed by atoms with Crippen LogP contribution >= 0.6 is 11.8 Å². The summed E-state index contributed by atoms with van der Waals surface area (Å²) in [5, 5.41) is 14.1. The van der Waals surface area contributed by atoms with Crippen LogP contribution in [-0.4, -0.2) is 23.8 Å². The minimum atomic E-state index is -0.935. The summed E-state index contributed by atoms with van der Waals surface area (Å²) >= 11 is 1.35. The third-order valence-electron chi connectivity index (χ3n) is 5.79. The Morgan fingerprint density at radius 2 is 1.55 bits per heavy atom. The Kier molecular flexibility index (Phi) is 5.42. The molecule has 6 nitrogen and oxygen atoms in total. The number of aryl methyl sites for hydroxylation is 1. The van der Waals surface area contributed by atoms with E-state index in [1.807, 2.05) is 83.7 Å². The number of carbonyl (C=O) groups excluding carboxylic acids is 1. The number of anilines is 2. The normalized spacial score (nSPS) is 19.2. The summed E-state index contributed by atoms with van der Waals surface area (Å²) in [4.78, 5) is 11.8. The summed E-state index contributed by atoms with van der Waals surface area (Å²) in [5.74, 6) is -0.468. The average Bonchev–Trinajstić information content (AvgIpc) is 3.26. The van der Waals surface area contributed by atoms with Crippen molar-refractivity contribution in [1.82, 2.24) is 0 Å². The molecule has 0 saturated heterocycles. The number of carbonyl (C=O) groups is 1. The van der Waals surface area contributed by atoms with Crippen LogP contribution in [0.5, 0.6) is 0 Å². The van der Waals surface area contributed by atoms with Gasteiger partial charge in [0.25, 0.3) is 0 Å². The van der Waals surface area contributed by atoms with Crippen molar-refractivity contribution < 1.29 is 9.53 Å². The van der Waals surface area contributed by atoms with Gasteiger partial charge in [0, 0.05) is 11.1 Å². The molecule has 3 aromatic carbocycles. The molecule has 0 N–H and O–H groups in total. The molecule has 0 saturated carbocycles. The quantitative estimate of drug-likeness (QED) is 0.487. The van der Waals surface area contributed by atoms with Gasteiger partial charge in [0.15, 0.2) is 0 Å². The van der Waals surface area contributed by atoms with Crippen LogP contribution in [0.25, 0.3) is 0 Å². The predicted octanol–water partition coefficient (Wildman–Crippen LogP) is 5.48. The molecule has 0 bridgehead atoms. The molecule has 2 heterocycles. The Morgan fingerprint density at radius 3 is 2.24 bits per heavy atom. The summed E-state index contributed by atoms with van der Waals surface area (Å²) in [7, 11) is 1.38. The van der Waals surface area contributed by atoms with Gasteiger partial charge in [-0.05, 0) is 49.4 Å². The number of rotatable bonds is 4. The van der Waals surface area contributed by atoms with Gasteiger partial charge in [0.2, 0.25) is 10.0 Å². The first kappa shape index (κ1) is 21.3. The summed E-state index contributed by atoms with van der Waals surface area (Å²) in [5.41, 5.74) is 5.97. The van der Waals surface area contributed by atoms with E-state index in [4.69, 9.17) is 14.9 Å². The van der Waals surface area contributed by atoms with E-state index in [2.05, 4.69) is 19.1 Å². The summed E-state index contributed by atoms with van der Waals surface area (Å²) in [6.07, 6.45) is 0.774. The fourth-order valence-electron chi connectivity index (χ4n) is 4.19. The third-order valence-corrected chi connectivity index (χ3v) is 7.08. The molecule has 5 rings (SSSR count). The molecule has 2 aliphatic heterocycles. The van der Waals surface area contributed by atoms with E-state index in [0.29, 0.717) is 0 Å². The summed E-state index contributed by atoms with van der Waals surface area (Å²) in [6, 6.07) is 26.4. The maximum absolute atomic E-state index is 12.7. The van der Waals surface area contributed by atoms with Gasteiger partial charge in [-0.15, -0.1) is 0 Å². The molecule has 0 aromatic heterocycles. The van der Waals surface area contributed by atoms with Crippen molar-refractivity contribution >= 4 is 39.9 Å². The van der Waals surface area contributed by atoms with E-state index in [-0.39, 0.29) is 5.04 Å². The third kappa shape index (κ3) is 3.40. The SMILES string of the molecule is CCC1=NN(c2ccccc2)[C@@]2(SC(C(=O)OC)=NN2c2ccc(C)cc2)c2ccccc21. The lowest BCUT2D eigenvalue weighted by atomic mass is 9.96. The minimum absolute atomic E-state index is 0.281. The van der Waals surface area contributed by atoms with Gasteiger partial charge < -0.3 is 4.74 Å². The van der Waals surface area contributed by atoms with Gasteiger partial charge in [0.05, 0.1) is 24.2 Å². The second kappa shape index (κ2) is 8.41. The first-order valence-electron chi connectivity index (χ1n) is 10.8. The number of ether oxygens (including phenoxy) is 1. The van der Waals surface area contributed by atoms with Crippen LogP contribution in [0.1, 0.15) is 30.0 Å². The van der Waals surface area contributed by atoms with Crippen molar-refractivity contribution in [2.45, 2.75) is 25.3 Å². The van der Waals surface area contributed by atoms with Crippen LogP contribution in [0.2, 0.25) is 0 Å². The molecule has 166 valence electrons. The molecule has 0 unspecified atom stereocenters. The number of hydrazone groups is 2. The molecule has 33 heavy (non-hydrogen) atoms. The molecule has 0 radical (unpaired) electrons. The number of benzene rings is 3. The Hall–Kier alpha value is -3.58. The first-order valence-corrected chi connectivity index (χ1v) is 11.7. The van der Waals surface area contributed by atoms with Gasteiger partial charge >= 0.3 is 5.97 Å². The van der Waals surface area contributed by atoms with E-state index in [1.165, 1.54) is 18.9 Å². The number of thioether (sulfide) groups is 1.